The molecule has 6 heteroatoms. The molecule has 140 valence electrons. The van der Waals surface area contributed by atoms with Crippen LogP contribution in [0.3, 0.4) is 0 Å². The van der Waals surface area contributed by atoms with E-state index in [0.717, 1.165) is 24.3 Å². The Kier molecular flexibility index (Phi) is 5.41. The lowest BCUT2D eigenvalue weighted by molar-refractivity contribution is 0.411. The molecule has 0 radical (unpaired) electrons. The number of anilines is 2. The predicted molar refractivity (Wildman–Crippen MR) is 106 cm³/mol. The molecule has 1 fully saturated rings. The molecule has 1 saturated heterocycles. The Morgan fingerprint density at radius 1 is 1.15 bits per heavy atom. The highest BCUT2D eigenvalue weighted by molar-refractivity contribution is 7.92. The Labute approximate surface area is 156 Å². The summed E-state index contributed by atoms with van der Waals surface area (Å²) < 4.78 is 33.1. The van der Waals surface area contributed by atoms with E-state index in [9.17, 15) is 8.42 Å². The molecule has 26 heavy (non-hydrogen) atoms. The summed E-state index contributed by atoms with van der Waals surface area (Å²) in [4.78, 5) is 2.59. The third-order valence-electron chi connectivity index (χ3n) is 4.82. The standard InChI is InChI=1S/C20H26N2O3S/c1-15-5-4-12-22(14-15)18-8-6-17(7-9-18)21-26(23,24)19-10-11-20(25-3)16(2)13-19/h6-11,13,15,21H,4-5,12,14H2,1-3H3. The van der Waals surface area contributed by atoms with Gasteiger partial charge < -0.3 is 9.64 Å². The van der Waals surface area contributed by atoms with Gasteiger partial charge in [0.15, 0.2) is 0 Å². The molecule has 0 bridgehead atoms. The molecule has 0 saturated carbocycles. The van der Waals surface area contributed by atoms with Crippen molar-refractivity contribution in [2.45, 2.75) is 31.6 Å². The SMILES string of the molecule is COc1ccc(S(=O)(=O)Nc2ccc(N3CCCC(C)C3)cc2)cc1C. The zero-order valence-electron chi connectivity index (χ0n) is 15.5. The fraction of sp³-hybridized carbons (Fsp3) is 0.400. The molecule has 5 nitrogen and oxygen atoms in total. The minimum atomic E-state index is -3.63. The average molecular weight is 375 g/mol. The first kappa shape index (κ1) is 18.6. The van der Waals surface area contributed by atoms with Crippen LogP contribution >= 0.6 is 0 Å². The number of nitrogens with zero attached hydrogens (tertiary/aromatic N) is 1. The molecule has 2 aromatic rings. The van der Waals surface area contributed by atoms with E-state index in [-0.39, 0.29) is 4.90 Å². The molecule has 2 aromatic carbocycles. The summed E-state index contributed by atoms with van der Waals surface area (Å²) in [5.74, 6) is 1.37. The lowest BCUT2D eigenvalue weighted by Gasteiger charge is -2.32. The molecule has 1 heterocycles. The molecule has 1 unspecified atom stereocenters. The quantitative estimate of drug-likeness (QED) is 0.858. The average Bonchev–Trinajstić information content (AvgIpc) is 2.62. The first-order valence-electron chi connectivity index (χ1n) is 8.91. The van der Waals surface area contributed by atoms with Gasteiger partial charge in [0.25, 0.3) is 10.0 Å². The summed E-state index contributed by atoms with van der Waals surface area (Å²) >= 11 is 0. The zero-order valence-corrected chi connectivity index (χ0v) is 16.3. The molecule has 3 rings (SSSR count). The van der Waals surface area contributed by atoms with E-state index in [1.807, 2.05) is 31.2 Å². The van der Waals surface area contributed by atoms with Crippen LogP contribution < -0.4 is 14.4 Å². The number of aryl methyl sites for hydroxylation is 1. The maximum atomic E-state index is 12.6. The Morgan fingerprint density at radius 3 is 2.50 bits per heavy atom. The molecular formula is C20H26N2O3S. The van der Waals surface area contributed by atoms with Crippen molar-refractivity contribution in [3.05, 3.63) is 48.0 Å². The zero-order chi connectivity index (χ0) is 18.7. The van der Waals surface area contributed by atoms with Gasteiger partial charge in [-0.2, -0.15) is 0 Å². The lowest BCUT2D eigenvalue weighted by atomic mass is 10.00. The van der Waals surface area contributed by atoms with Crippen LogP contribution in [0.4, 0.5) is 11.4 Å². The smallest absolute Gasteiger partial charge is 0.261 e. The van der Waals surface area contributed by atoms with Gasteiger partial charge in [-0.05, 0) is 73.7 Å². The molecule has 1 aliphatic heterocycles. The second-order valence-corrected chi connectivity index (χ2v) is 8.66. The minimum Gasteiger partial charge on any atom is -0.496 e. The molecule has 1 atom stereocenters. The monoisotopic (exact) mass is 374 g/mol. The molecule has 0 amide bonds. The van der Waals surface area contributed by atoms with Gasteiger partial charge in [0.2, 0.25) is 0 Å². The van der Waals surface area contributed by atoms with E-state index >= 15 is 0 Å². The Hall–Kier alpha value is -2.21. The van der Waals surface area contributed by atoms with Crippen LogP contribution in [0.1, 0.15) is 25.3 Å². The van der Waals surface area contributed by atoms with E-state index in [1.54, 1.807) is 25.3 Å². The van der Waals surface area contributed by atoms with Crippen molar-refractivity contribution in [2.24, 2.45) is 5.92 Å². The van der Waals surface area contributed by atoms with Gasteiger partial charge in [0.05, 0.1) is 12.0 Å². The highest BCUT2D eigenvalue weighted by atomic mass is 32.2. The Bertz CT molecular complexity index is 863. The predicted octanol–water partition coefficient (Wildman–Crippen LogP) is 4.04. The van der Waals surface area contributed by atoms with Crippen LogP contribution in [-0.2, 0) is 10.0 Å². The largest absolute Gasteiger partial charge is 0.496 e. The number of hydrogen-bond acceptors (Lipinski definition) is 4. The van der Waals surface area contributed by atoms with Gasteiger partial charge in [-0.1, -0.05) is 6.92 Å². The van der Waals surface area contributed by atoms with Gasteiger partial charge in [0.1, 0.15) is 5.75 Å². The van der Waals surface area contributed by atoms with Crippen LogP contribution in [0.15, 0.2) is 47.4 Å². The van der Waals surface area contributed by atoms with Crippen molar-refractivity contribution < 1.29 is 13.2 Å². The maximum Gasteiger partial charge on any atom is 0.261 e. The van der Waals surface area contributed by atoms with Gasteiger partial charge in [-0.25, -0.2) is 8.42 Å². The lowest BCUT2D eigenvalue weighted by Crippen LogP contribution is -2.34. The molecule has 0 aromatic heterocycles. The fourth-order valence-corrected chi connectivity index (χ4v) is 4.54. The van der Waals surface area contributed by atoms with E-state index < -0.39 is 10.0 Å². The summed E-state index contributed by atoms with van der Waals surface area (Å²) in [6.45, 7) is 6.20. The number of hydrogen-bond donors (Lipinski definition) is 1. The van der Waals surface area contributed by atoms with Crippen molar-refractivity contribution in [1.29, 1.82) is 0 Å². The highest BCUT2D eigenvalue weighted by Gasteiger charge is 2.18. The van der Waals surface area contributed by atoms with Gasteiger partial charge in [-0.15, -0.1) is 0 Å². The molecule has 0 spiro atoms. The summed E-state index contributed by atoms with van der Waals surface area (Å²) in [6.07, 6.45) is 2.47. The van der Waals surface area contributed by atoms with Crippen LogP contribution in [0.5, 0.6) is 5.75 Å². The number of rotatable bonds is 5. The van der Waals surface area contributed by atoms with Crippen molar-refractivity contribution >= 4 is 21.4 Å². The summed E-state index contributed by atoms with van der Waals surface area (Å²) in [6, 6.07) is 12.4. The fourth-order valence-electron chi connectivity index (χ4n) is 3.40. The molecule has 1 N–H and O–H groups in total. The Balaban J connectivity index is 1.74. The third kappa shape index (κ3) is 4.12. The summed E-state index contributed by atoms with van der Waals surface area (Å²) in [5, 5.41) is 0. The van der Waals surface area contributed by atoms with Crippen LogP contribution in [0.2, 0.25) is 0 Å². The summed E-state index contributed by atoms with van der Waals surface area (Å²) in [5.41, 5.74) is 2.48. The van der Waals surface area contributed by atoms with Crippen LogP contribution in [0, 0.1) is 12.8 Å². The van der Waals surface area contributed by atoms with Crippen LogP contribution in [0.25, 0.3) is 0 Å². The first-order valence-corrected chi connectivity index (χ1v) is 10.4. The topological polar surface area (TPSA) is 58.6 Å². The minimum absolute atomic E-state index is 0.227. The number of ether oxygens (including phenoxy) is 1. The van der Waals surface area contributed by atoms with Crippen molar-refractivity contribution in [1.82, 2.24) is 0 Å². The second-order valence-electron chi connectivity index (χ2n) is 6.98. The van der Waals surface area contributed by atoms with Gasteiger partial charge >= 0.3 is 0 Å². The van der Waals surface area contributed by atoms with E-state index in [4.69, 9.17) is 4.74 Å². The van der Waals surface area contributed by atoms with Gasteiger partial charge in [-0.3, -0.25) is 4.72 Å². The van der Waals surface area contributed by atoms with Gasteiger partial charge in [0, 0.05) is 24.5 Å². The second kappa shape index (κ2) is 7.58. The van der Waals surface area contributed by atoms with E-state index in [1.165, 1.54) is 12.8 Å². The highest BCUT2D eigenvalue weighted by Crippen LogP contribution is 2.26. The van der Waals surface area contributed by atoms with Crippen molar-refractivity contribution in [3.8, 4) is 5.75 Å². The normalized spacial score (nSPS) is 17.8. The number of sulfonamides is 1. The Morgan fingerprint density at radius 2 is 1.88 bits per heavy atom. The van der Waals surface area contributed by atoms with E-state index in [0.29, 0.717) is 17.4 Å². The number of methoxy groups -OCH3 is 1. The number of piperidine rings is 1. The van der Waals surface area contributed by atoms with Crippen LogP contribution in [-0.4, -0.2) is 28.6 Å². The molecule has 1 aliphatic rings. The molecule has 0 aliphatic carbocycles. The first-order chi connectivity index (χ1) is 12.4. The number of nitrogens with one attached hydrogen (secondary N) is 1. The van der Waals surface area contributed by atoms with Crippen molar-refractivity contribution in [3.63, 3.8) is 0 Å². The van der Waals surface area contributed by atoms with Crippen molar-refractivity contribution in [2.75, 3.05) is 29.8 Å². The third-order valence-corrected chi connectivity index (χ3v) is 6.20. The summed E-state index contributed by atoms with van der Waals surface area (Å²) in [7, 11) is -2.06. The maximum absolute atomic E-state index is 12.6. The van der Waals surface area contributed by atoms with E-state index in [2.05, 4.69) is 16.5 Å². The molecular weight excluding hydrogens is 348 g/mol. The number of benzene rings is 2.